The van der Waals surface area contributed by atoms with Crippen LogP contribution in [-0.2, 0) is 6.42 Å². The van der Waals surface area contributed by atoms with Gasteiger partial charge in [-0.05, 0) is 48.0 Å². The maximum atomic E-state index is 12.6. The van der Waals surface area contributed by atoms with Crippen LogP contribution < -0.4 is 4.90 Å². The lowest BCUT2D eigenvalue weighted by Crippen LogP contribution is -2.09. The quantitative estimate of drug-likeness (QED) is 0.363. The average molecular weight is 415 g/mol. The van der Waals surface area contributed by atoms with Gasteiger partial charge >= 0.3 is 5.97 Å². The van der Waals surface area contributed by atoms with Crippen LogP contribution in [0.25, 0.3) is 22.4 Å². The maximum absolute atomic E-state index is 12.6. The zero-order valence-corrected chi connectivity index (χ0v) is 17.1. The second-order valence-corrected chi connectivity index (χ2v) is 7.49. The van der Waals surface area contributed by atoms with Crippen molar-refractivity contribution in [1.82, 2.24) is 9.71 Å². The molecule has 0 atom stereocenters. The van der Waals surface area contributed by atoms with Crippen LogP contribution in [0.15, 0.2) is 66.7 Å². The average Bonchev–Trinajstić information content (AvgIpc) is 3.10. The smallest absolute Gasteiger partial charge is 0.335 e. The summed E-state index contributed by atoms with van der Waals surface area (Å²) in [6.07, 6.45) is 0.263. The topological polar surface area (TPSA) is 95.7 Å². The first kappa shape index (κ1) is 20.2. The third-order valence-electron chi connectivity index (χ3n) is 5.16. The van der Waals surface area contributed by atoms with E-state index < -0.39 is 5.97 Å². The molecule has 3 aromatic carbocycles. The van der Waals surface area contributed by atoms with Gasteiger partial charge in [-0.2, -0.15) is 4.73 Å². The number of fused-ring (bicyclic) bond motifs is 1. The van der Waals surface area contributed by atoms with Crippen molar-refractivity contribution in [2.24, 2.45) is 0 Å². The van der Waals surface area contributed by atoms with Crippen molar-refractivity contribution in [2.45, 2.75) is 6.42 Å². The molecule has 2 N–H and O–H groups in total. The number of Topliss-reactive ketones (excluding diaryl/α,β-unsaturated/α-hetero) is 1. The molecule has 0 amide bonds. The first-order chi connectivity index (χ1) is 14.8. The highest BCUT2D eigenvalue weighted by molar-refractivity contribution is 5.98. The Labute approximate surface area is 178 Å². The van der Waals surface area contributed by atoms with Crippen molar-refractivity contribution in [1.29, 1.82) is 0 Å². The molecule has 0 spiro atoms. The lowest BCUT2D eigenvalue weighted by Gasteiger charge is -2.12. The van der Waals surface area contributed by atoms with Crippen molar-refractivity contribution in [3.63, 3.8) is 0 Å². The molecule has 4 rings (SSSR count). The van der Waals surface area contributed by atoms with Gasteiger partial charge in [0.25, 0.3) is 0 Å². The summed E-state index contributed by atoms with van der Waals surface area (Å²) in [5, 5.41) is 19.6. The highest BCUT2D eigenvalue weighted by atomic mass is 16.5. The third kappa shape index (κ3) is 3.98. The second kappa shape index (κ2) is 7.95. The Hall–Kier alpha value is -4.13. The largest absolute Gasteiger partial charge is 0.478 e. The van der Waals surface area contributed by atoms with Crippen molar-refractivity contribution >= 4 is 28.5 Å². The number of rotatable bonds is 6. The zero-order valence-electron chi connectivity index (χ0n) is 17.1. The minimum absolute atomic E-state index is 0.0219. The summed E-state index contributed by atoms with van der Waals surface area (Å²) in [6.45, 7) is 0. The Kier molecular flexibility index (Phi) is 5.17. The number of aromatic nitrogens is 2. The number of carbonyl (C=O) groups excluding carboxylic acids is 1. The second-order valence-electron chi connectivity index (χ2n) is 7.49. The Morgan fingerprint density at radius 2 is 1.58 bits per heavy atom. The number of carboxylic acids is 1. The van der Waals surface area contributed by atoms with E-state index in [9.17, 15) is 14.8 Å². The predicted molar refractivity (Wildman–Crippen MR) is 118 cm³/mol. The molecule has 0 unspecified atom stereocenters. The van der Waals surface area contributed by atoms with Gasteiger partial charge in [-0.1, -0.05) is 24.3 Å². The van der Waals surface area contributed by atoms with E-state index in [-0.39, 0.29) is 17.8 Å². The van der Waals surface area contributed by atoms with Crippen LogP contribution >= 0.6 is 0 Å². The first-order valence-corrected chi connectivity index (χ1v) is 9.68. The van der Waals surface area contributed by atoms with E-state index in [1.807, 2.05) is 55.4 Å². The van der Waals surface area contributed by atoms with Crippen molar-refractivity contribution < 1.29 is 19.9 Å². The van der Waals surface area contributed by atoms with Crippen LogP contribution in [0.2, 0.25) is 0 Å². The summed E-state index contributed by atoms with van der Waals surface area (Å²) in [7, 11) is 3.90. The highest BCUT2D eigenvalue weighted by Gasteiger charge is 2.15. The summed E-state index contributed by atoms with van der Waals surface area (Å²) in [4.78, 5) is 30.1. The number of carboxylic acid groups (broad SMARTS) is 1. The summed E-state index contributed by atoms with van der Waals surface area (Å²) >= 11 is 0. The van der Waals surface area contributed by atoms with Crippen molar-refractivity contribution in [2.75, 3.05) is 19.0 Å². The van der Waals surface area contributed by atoms with Crippen LogP contribution in [0.4, 0.5) is 5.69 Å². The number of nitrogens with zero attached hydrogens (tertiary/aromatic N) is 3. The predicted octanol–water partition coefficient (Wildman–Crippen LogP) is 4.13. The monoisotopic (exact) mass is 415 g/mol. The number of ketones is 1. The molecule has 0 aliphatic carbocycles. The van der Waals surface area contributed by atoms with E-state index in [4.69, 9.17) is 5.11 Å². The molecule has 0 fully saturated rings. The molecule has 1 heterocycles. The molecule has 0 radical (unpaired) electrons. The van der Waals surface area contributed by atoms with E-state index >= 15 is 0 Å². The van der Waals surface area contributed by atoms with Gasteiger partial charge in [0.2, 0.25) is 0 Å². The number of aromatic carboxylic acids is 1. The van der Waals surface area contributed by atoms with Gasteiger partial charge in [-0.3, -0.25) is 4.79 Å². The lowest BCUT2D eigenvalue weighted by atomic mass is 10.0. The normalized spacial score (nSPS) is 10.9. The van der Waals surface area contributed by atoms with Gasteiger partial charge in [0, 0.05) is 37.3 Å². The minimum Gasteiger partial charge on any atom is -0.478 e. The third-order valence-corrected chi connectivity index (χ3v) is 5.16. The van der Waals surface area contributed by atoms with E-state index in [1.165, 1.54) is 12.1 Å². The van der Waals surface area contributed by atoms with Gasteiger partial charge in [0.15, 0.2) is 11.6 Å². The fraction of sp³-hybridized carbons (Fsp3) is 0.125. The van der Waals surface area contributed by atoms with Gasteiger partial charge in [-0.25, -0.2) is 9.78 Å². The molecule has 156 valence electrons. The Balaban J connectivity index is 1.55. The van der Waals surface area contributed by atoms with Crippen LogP contribution in [0.1, 0.15) is 26.3 Å². The summed E-state index contributed by atoms with van der Waals surface area (Å²) in [5.41, 5.74) is 4.06. The SMILES string of the molecule is CN(C)c1ccc(C(=O)Cc2ccc(-c3nc4ccc(C(=O)O)cc4n3O)cc2)cc1. The maximum Gasteiger partial charge on any atom is 0.335 e. The van der Waals surface area contributed by atoms with Crippen molar-refractivity contribution in [3.8, 4) is 11.4 Å². The molecular weight excluding hydrogens is 394 g/mol. The summed E-state index contributed by atoms with van der Waals surface area (Å²) < 4.78 is 0.883. The highest BCUT2D eigenvalue weighted by Crippen LogP contribution is 2.25. The number of hydrogen-bond donors (Lipinski definition) is 2. The Morgan fingerprint density at radius 3 is 2.19 bits per heavy atom. The van der Waals surface area contributed by atoms with Crippen LogP contribution in [-0.4, -0.2) is 45.9 Å². The van der Waals surface area contributed by atoms with Crippen LogP contribution in [0.3, 0.4) is 0 Å². The van der Waals surface area contributed by atoms with Gasteiger partial charge in [0.1, 0.15) is 5.52 Å². The number of anilines is 1. The standard InChI is InChI=1S/C24H21N3O4/c1-26(2)19-10-7-16(8-11-19)22(28)13-15-3-5-17(6-4-15)23-25-20-12-9-18(24(29)30)14-21(20)27(23)31/h3-12,14,31H,13H2,1-2H3,(H,29,30). The van der Waals surface area contributed by atoms with E-state index in [1.54, 1.807) is 18.2 Å². The number of hydrogen-bond acceptors (Lipinski definition) is 5. The molecule has 0 bridgehead atoms. The molecule has 31 heavy (non-hydrogen) atoms. The van der Waals surface area contributed by atoms with E-state index in [0.29, 0.717) is 28.0 Å². The Bertz CT molecular complexity index is 1270. The molecule has 7 nitrogen and oxygen atoms in total. The lowest BCUT2D eigenvalue weighted by molar-refractivity contribution is 0.0696. The minimum atomic E-state index is -1.07. The molecule has 0 saturated heterocycles. The van der Waals surface area contributed by atoms with Gasteiger partial charge in [0.05, 0.1) is 11.1 Å². The fourth-order valence-corrected chi connectivity index (χ4v) is 3.39. The molecule has 4 aromatic rings. The van der Waals surface area contributed by atoms with E-state index in [2.05, 4.69) is 4.98 Å². The molecule has 0 aliphatic rings. The fourth-order valence-electron chi connectivity index (χ4n) is 3.39. The van der Waals surface area contributed by atoms with Crippen LogP contribution in [0.5, 0.6) is 0 Å². The Morgan fingerprint density at radius 1 is 0.935 bits per heavy atom. The molecular formula is C24H21N3O4. The van der Waals surface area contributed by atoms with Crippen molar-refractivity contribution in [3.05, 3.63) is 83.4 Å². The first-order valence-electron chi connectivity index (χ1n) is 9.68. The molecule has 7 heteroatoms. The zero-order chi connectivity index (χ0) is 22.1. The summed E-state index contributed by atoms with van der Waals surface area (Å²) in [6, 6.07) is 19.1. The number of benzene rings is 3. The summed E-state index contributed by atoms with van der Waals surface area (Å²) in [5.74, 6) is -0.752. The number of imidazole rings is 1. The number of carbonyl (C=O) groups is 2. The van der Waals surface area contributed by atoms with Gasteiger partial charge in [-0.15, -0.1) is 0 Å². The van der Waals surface area contributed by atoms with Gasteiger partial charge < -0.3 is 15.2 Å². The van der Waals surface area contributed by atoms with Crippen LogP contribution in [0, 0.1) is 0 Å². The molecule has 0 aliphatic heterocycles. The molecule has 1 aromatic heterocycles. The van der Waals surface area contributed by atoms with E-state index in [0.717, 1.165) is 16.0 Å². The molecule has 0 saturated carbocycles.